The van der Waals surface area contributed by atoms with Crippen LogP contribution in [0.15, 0.2) is 181 Å². The Kier molecular flexibility index (Phi) is 54.3. The van der Waals surface area contributed by atoms with Gasteiger partial charge in [-0.2, -0.15) is 36.5 Å². The topological polar surface area (TPSA) is 230 Å². The second-order valence-electron chi connectivity index (χ2n) is 39.0. The van der Waals surface area contributed by atoms with Gasteiger partial charge < -0.3 is 74.1 Å². The van der Waals surface area contributed by atoms with Crippen LogP contribution >= 0.6 is 11.3 Å². The molecule has 7 saturated heterocycles. The Hall–Kier alpha value is -10.9. The van der Waals surface area contributed by atoms with Crippen LogP contribution in [0.25, 0.3) is 21.3 Å². The molecular formula is C111H164F6N18O8S. The fourth-order valence-corrected chi connectivity index (χ4v) is 16.8. The van der Waals surface area contributed by atoms with Crippen LogP contribution in [-0.2, 0) is 69.7 Å². The minimum Gasteiger partial charge on any atom is -0.507 e. The van der Waals surface area contributed by atoms with Gasteiger partial charge in [-0.1, -0.05) is 194 Å². The summed E-state index contributed by atoms with van der Waals surface area (Å²) in [4.78, 5) is 111. The normalized spacial score (nSPS) is 16.2. The molecule has 7 amide bonds. The van der Waals surface area contributed by atoms with Crippen LogP contribution in [0.5, 0.6) is 5.75 Å². The lowest BCUT2D eigenvalue weighted by Crippen LogP contribution is -2.47. The van der Waals surface area contributed by atoms with Gasteiger partial charge in [0.1, 0.15) is 5.75 Å². The molecule has 16 rings (SSSR count). The third-order valence-electron chi connectivity index (χ3n) is 25.4. The molecule has 26 nitrogen and oxygen atoms in total. The van der Waals surface area contributed by atoms with Gasteiger partial charge >= 0.3 is 12.4 Å². The number of aromatic hydroxyl groups is 1. The highest BCUT2D eigenvalue weighted by Gasteiger charge is 2.36. The number of phenols is 1. The standard InChI is InChI=1S/C16H18N2O.2C14H20N2O.2C11H22N2O.C9H7F3N2S.C9H18N2O.C8H9NO2.C8H10.C6H13N.C5H5F3N2/c1-17-8-10-18(11-9-17)16(19)15-7-6-13-4-2-3-5-14(13)12-15;1-12-4-3-5-13(10-12)11-14(17)16-8-6-15(2)7-9-16;1-12-5-3-4-6-13(12)11-14(17)16-9-7-15(2)8-10-16;1-11(2,3)9-10(14)13-7-5-12(4)6-8-13;1-3-4-5-6-11(14)13-9-7-12(2)8-10-13;1-14-6(7-3-2-4-15-7)5-8(13-14)9(10,11)12;1-3-4-9(12)11-7-5-10(2)6-8-11;1-9-8(11)6-4-2-3-5-7(6)10;1-2-8-6-4-3-5-7-8;1-7-5-3-2-4-6-7;1-10-3-2-4(9-10)5(6,7)8/h2-7,12H,8-11H2,1H3;3-5,10H,6-9,11H2,1-2H3;3-6H,7-11H2,1-2H3;5-9H2,1-4H3;3-10H2,1-2H3;2-5H,1H3;3-8H2,1-2H3;2-5,10H,1H3,(H,9,11);3-7H,2H2,1H3;2-6H2,1H3;2-3H,1H3. The summed E-state index contributed by atoms with van der Waals surface area (Å²) >= 11 is 1.39. The molecule has 794 valence electrons. The van der Waals surface area contributed by atoms with Gasteiger partial charge in [0.2, 0.25) is 29.5 Å². The summed E-state index contributed by atoms with van der Waals surface area (Å²) in [5.41, 5.74) is 6.08. The molecule has 0 atom stereocenters. The monoisotopic (exact) mass is 2020 g/mol. The number of halogens is 6. The fourth-order valence-electron chi connectivity index (χ4n) is 16.0. The van der Waals surface area contributed by atoms with Crippen LogP contribution in [0.4, 0.5) is 26.3 Å². The lowest BCUT2D eigenvalue weighted by molar-refractivity contribution is -0.142. The molecule has 3 aromatic heterocycles. The maximum Gasteiger partial charge on any atom is 0.435 e. The van der Waals surface area contributed by atoms with Crippen LogP contribution in [-0.4, -0.2) is 356 Å². The second-order valence-corrected chi connectivity index (χ2v) is 39.9. The van der Waals surface area contributed by atoms with Crippen molar-refractivity contribution in [1.29, 1.82) is 0 Å². The number of carbonyl (C=O) groups excluding carboxylic acids is 7. The molecule has 0 saturated carbocycles. The predicted octanol–water partition coefficient (Wildman–Crippen LogP) is 16.7. The van der Waals surface area contributed by atoms with E-state index in [4.69, 9.17) is 5.11 Å². The first-order valence-corrected chi connectivity index (χ1v) is 51.7. The number of para-hydroxylation sites is 1. The zero-order valence-electron chi connectivity index (χ0n) is 89.0. The van der Waals surface area contributed by atoms with Crippen molar-refractivity contribution in [3.05, 3.63) is 232 Å². The van der Waals surface area contributed by atoms with Gasteiger partial charge in [-0.25, -0.2) is 0 Å². The van der Waals surface area contributed by atoms with Crippen molar-refractivity contribution in [3.8, 4) is 16.3 Å². The second kappa shape index (κ2) is 64.2. The highest BCUT2D eigenvalue weighted by molar-refractivity contribution is 7.13. The number of hydrogen-bond donors (Lipinski definition) is 2. The molecule has 0 unspecified atom stereocenters. The highest BCUT2D eigenvalue weighted by Crippen LogP contribution is 2.34. The average molecular weight is 2020 g/mol. The molecule has 10 heterocycles. The summed E-state index contributed by atoms with van der Waals surface area (Å²) in [6, 6.07) is 52.8. The minimum absolute atomic E-state index is 0.00634. The molecule has 144 heavy (non-hydrogen) atoms. The number of carbonyl (C=O) groups is 7. The number of fused-ring (bicyclic) bond motifs is 1. The van der Waals surface area contributed by atoms with Crippen LogP contribution in [0.3, 0.4) is 0 Å². The molecule has 2 N–H and O–H groups in total. The number of likely N-dealkylation sites (tertiary alicyclic amines) is 1. The number of aromatic nitrogens is 4. The first-order chi connectivity index (χ1) is 68.5. The van der Waals surface area contributed by atoms with Gasteiger partial charge in [0.05, 0.1) is 29.0 Å². The Labute approximate surface area is 857 Å². The number of nitrogens with zero attached hydrogens (tertiary/aromatic N) is 17. The predicted molar refractivity (Wildman–Crippen MR) is 569 cm³/mol. The van der Waals surface area contributed by atoms with Gasteiger partial charge in [0.15, 0.2) is 11.4 Å². The van der Waals surface area contributed by atoms with E-state index in [0.717, 1.165) is 227 Å². The van der Waals surface area contributed by atoms with Gasteiger partial charge in [-0.15, -0.1) is 11.3 Å². The number of unbranched alkanes of at least 4 members (excludes halogenated alkanes) is 2. The highest BCUT2D eigenvalue weighted by atomic mass is 32.1. The molecule has 9 aromatic rings. The summed E-state index contributed by atoms with van der Waals surface area (Å²) in [6.45, 7) is 42.0. The Bertz CT molecular complexity index is 5190. The molecule has 0 spiro atoms. The summed E-state index contributed by atoms with van der Waals surface area (Å²) < 4.78 is 74.6. The largest absolute Gasteiger partial charge is 0.507 e. The number of piperidine rings is 1. The number of amides is 7. The molecule has 0 radical (unpaired) electrons. The SMILES string of the molecule is CCCC(=O)N1CCN(C)CC1.CCCCCC(=O)N1CCN(C)CC1.CCc1ccccc1.CN1CCCCC1.CN1CCN(C(=O)CC(C)(C)C)CC1.CN1CCN(C(=O)c2ccc3ccccc3c2)CC1.CNC(=O)c1ccccc1O.Cc1cccc(CC(=O)N2CCN(C)CC2)c1.Cc1ccccc1CC(=O)N1CCN(C)CC1.Cn1ccc(C(F)(F)F)n1.Cn1nc(C(F)(F)F)cc1-c1cccs1. The number of aryl methyl sites for hydroxylation is 5. The number of likely N-dealkylation sites (N-methyl/N-ethyl adjacent to an activating group) is 6. The van der Waals surface area contributed by atoms with Gasteiger partial charge in [0.25, 0.3) is 11.8 Å². The number of rotatable bonds is 15. The number of phenolic OH excluding ortho intramolecular Hbond substituents is 1. The van der Waals surface area contributed by atoms with Crippen molar-refractivity contribution in [2.45, 2.75) is 151 Å². The maximum absolute atomic E-state index is 12.5. The van der Waals surface area contributed by atoms with E-state index < -0.39 is 23.7 Å². The molecule has 6 aromatic carbocycles. The number of nitrogens with one attached hydrogen (secondary N) is 1. The number of piperazine rings is 6. The fraction of sp³-hybridized carbons (Fsp3) is 0.541. The summed E-state index contributed by atoms with van der Waals surface area (Å²) in [5, 5.41) is 22.3. The zero-order chi connectivity index (χ0) is 106. The molecule has 33 heteroatoms. The zero-order valence-corrected chi connectivity index (χ0v) is 89.8. The van der Waals surface area contributed by atoms with Crippen LogP contribution in [0.1, 0.15) is 166 Å². The number of hydrogen-bond acceptors (Lipinski definition) is 18. The molecule has 7 fully saturated rings. The van der Waals surface area contributed by atoms with Crippen molar-refractivity contribution >= 4 is 63.5 Å². The van der Waals surface area contributed by atoms with Crippen molar-refractivity contribution in [3.63, 3.8) is 0 Å². The molecule has 0 bridgehead atoms. The Morgan fingerprint density at radius 3 is 1.27 bits per heavy atom. The summed E-state index contributed by atoms with van der Waals surface area (Å²) in [6.07, 6.45) is 5.55. The number of thiophene rings is 1. The average Bonchev–Trinajstić information content (AvgIpc) is 1.57. The number of alkyl halides is 6. The number of benzene rings is 6. The maximum atomic E-state index is 12.5. The van der Waals surface area contributed by atoms with Crippen LogP contribution < -0.4 is 5.32 Å². The van der Waals surface area contributed by atoms with Gasteiger partial charge in [-0.05, 0) is 195 Å². The van der Waals surface area contributed by atoms with Crippen molar-refractivity contribution in [1.82, 2.24) is 88.6 Å². The lowest BCUT2D eigenvalue weighted by Gasteiger charge is -2.34. The lowest BCUT2D eigenvalue weighted by atomic mass is 9.91. The van der Waals surface area contributed by atoms with E-state index in [1.165, 1.54) is 117 Å². The van der Waals surface area contributed by atoms with Crippen molar-refractivity contribution < 1.29 is 65.0 Å². The van der Waals surface area contributed by atoms with E-state index in [-0.39, 0.29) is 34.8 Å². The van der Waals surface area contributed by atoms with E-state index in [1.54, 1.807) is 30.3 Å². The van der Waals surface area contributed by atoms with Gasteiger partial charge in [-0.3, -0.25) is 42.9 Å². The van der Waals surface area contributed by atoms with Crippen molar-refractivity contribution in [2.75, 3.05) is 227 Å². The third-order valence-corrected chi connectivity index (χ3v) is 26.3. The van der Waals surface area contributed by atoms with Crippen LogP contribution in [0.2, 0.25) is 0 Å². The molecule has 7 aliphatic rings. The Balaban J connectivity index is 0.000000245. The van der Waals surface area contributed by atoms with E-state index in [2.05, 4.69) is 202 Å². The van der Waals surface area contributed by atoms with E-state index in [1.807, 2.05) is 108 Å². The van der Waals surface area contributed by atoms with E-state index in [9.17, 15) is 59.9 Å². The van der Waals surface area contributed by atoms with E-state index in [0.29, 0.717) is 54.7 Å². The van der Waals surface area contributed by atoms with Crippen molar-refractivity contribution in [2.24, 2.45) is 19.5 Å². The smallest absolute Gasteiger partial charge is 0.435 e. The molecule has 0 aliphatic carbocycles. The van der Waals surface area contributed by atoms with Gasteiger partial charge in [0, 0.05) is 209 Å². The third kappa shape index (κ3) is 46.6. The Morgan fingerprint density at radius 1 is 0.403 bits per heavy atom. The van der Waals surface area contributed by atoms with E-state index >= 15 is 0 Å². The molecule has 7 aliphatic heterocycles. The van der Waals surface area contributed by atoms with Crippen LogP contribution in [0, 0.1) is 19.3 Å². The quantitative estimate of drug-likeness (QED) is 0.0718. The first-order valence-electron chi connectivity index (χ1n) is 50.8. The Morgan fingerprint density at radius 2 is 0.854 bits per heavy atom. The summed E-state index contributed by atoms with van der Waals surface area (Å²) in [7, 11) is 19.3. The molecular weight excluding hydrogens is 1860 g/mol. The summed E-state index contributed by atoms with van der Waals surface area (Å²) in [5.74, 6) is 1.38. The minimum atomic E-state index is -4.38. The first kappa shape index (κ1) is 122.